The Bertz CT molecular complexity index is 378. The summed E-state index contributed by atoms with van der Waals surface area (Å²) in [5.74, 6) is 1.71. The Kier molecular flexibility index (Phi) is 5.44. The van der Waals surface area contributed by atoms with Crippen LogP contribution in [0.1, 0.15) is 19.4 Å². The van der Waals surface area contributed by atoms with Crippen LogP contribution in [0.5, 0.6) is 11.5 Å². The molecule has 0 aliphatic rings. The van der Waals surface area contributed by atoms with E-state index in [1.54, 1.807) is 14.2 Å². The molecule has 0 spiro atoms. The van der Waals surface area contributed by atoms with Gasteiger partial charge in [0.1, 0.15) is 11.5 Å². The van der Waals surface area contributed by atoms with Crippen molar-refractivity contribution in [2.45, 2.75) is 20.4 Å². The van der Waals surface area contributed by atoms with Gasteiger partial charge in [-0.3, -0.25) is 0 Å². The predicted molar refractivity (Wildman–Crippen MR) is 74.1 cm³/mol. The average Bonchev–Trinajstić information content (AvgIpc) is 2.38. The SMILES string of the molecule is COc1ccc(OC)c(CNCC(C)(C)CN)c1. The summed E-state index contributed by atoms with van der Waals surface area (Å²) in [4.78, 5) is 0. The summed E-state index contributed by atoms with van der Waals surface area (Å²) >= 11 is 0. The van der Waals surface area contributed by atoms with Crippen LogP contribution in [0.4, 0.5) is 0 Å². The lowest BCUT2D eigenvalue weighted by molar-refractivity contribution is 0.347. The van der Waals surface area contributed by atoms with E-state index in [2.05, 4.69) is 19.2 Å². The van der Waals surface area contributed by atoms with Gasteiger partial charge in [-0.25, -0.2) is 0 Å². The highest BCUT2D eigenvalue weighted by atomic mass is 16.5. The summed E-state index contributed by atoms with van der Waals surface area (Å²) < 4.78 is 10.6. The van der Waals surface area contributed by atoms with E-state index >= 15 is 0 Å². The Morgan fingerprint density at radius 1 is 1.22 bits per heavy atom. The van der Waals surface area contributed by atoms with Crippen LogP contribution in [0.25, 0.3) is 0 Å². The molecule has 0 saturated heterocycles. The zero-order valence-corrected chi connectivity index (χ0v) is 11.7. The number of hydrogen-bond donors (Lipinski definition) is 2. The third-order valence-electron chi connectivity index (χ3n) is 2.96. The zero-order valence-electron chi connectivity index (χ0n) is 11.7. The van der Waals surface area contributed by atoms with Gasteiger partial charge in [-0.1, -0.05) is 13.8 Å². The smallest absolute Gasteiger partial charge is 0.123 e. The van der Waals surface area contributed by atoms with E-state index in [-0.39, 0.29) is 5.41 Å². The predicted octanol–water partition coefficient (Wildman–Crippen LogP) is 1.78. The van der Waals surface area contributed by atoms with E-state index < -0.39 is 0 Å². The molecular weight excluding hydrogens is 228 g/mol. The van der Waals surface area contributed by atoms with Crippen molar-refractivity contribution in [3.63, 3.8) is 0 Å². The van der Waals surface area contributed by atoms with E-state index in [0.29, 0.717) is 6.54 Å². The molecule has 0 aliphatic heterocycles. The van der Waals surface area contributed by atoms with Crippen LogP contribution >= 0.6 is 0 Å². The van der Waals surface area contributed by atoms with E-state index in [9.17, 15) is 0 Å². The minimum atomic E-state index is 0.103. The van der Waals surface area contributed by atoms with Gasteiger partial charge in [0.2, 0.25) is 0 Å². The Balaban J connectivity index is 2.65. The summed E-state index contributed by atoms with van der Waals surface area (Å²) in [5.41, 5.74) is 6.89. The number of methoxy groups -OCH3 is 2. The van der Waals surface area contributed by atoms with E-state index in [1.165, 1.54) is 0 Å². The summed E-state index contributed by atoms with van der Waals surface area (Å²) in [6.07, 6.45) is 0. The van der Waals surface area contributed by atoms with Crippen molar-refractivity contribution < 1.29 is 9.47 Å². The molecule has 0 radical (unpaired) electrons. The van der Waals surface area contributed by atoms with Gasteiger partial charge >= 0.3 is 0 Å². The maximum absolute atomic E-state index is 5.70. The first-order chi connectivity index (χ1) is 8.52. The standard InChI is InChI=1S/C14H24N2O2/c1-14(2,9-15)10-16-8-11-7-12(17-3)5-6-13(11)18-4/h5-7,16H,8-10,15H2,1-4H3. The minimum Gasteiger partial charge on any atom is -0.497 e. The monoisotopic (exact) mass is 252 g/mol. The second-order valence-electron chi connectivity index (χ2n) is 5.15. The molecular formula is C14H24N2O2. The van der Waals surface area contributed by atoms with Gasteiger partial charge in [-0.05, 0) is 30.2 Å². The van der Waals surface area contributed by atoms with Gasteiger partial charge in [0, 0.05) is 18.7 Å². The molecule has 4 nitrogen and oxygen atoms in total. The second-order valence-corrected chi connectivity index (χ2v) is 5.15. The van der Waals surface area contributed by atoms with Crippen molar-refractivity contribution >= 4 is 0 Å². The summed E-state index contributed by atoms with van der Waals surface area (Å²) in [5, 5.41) is 3.40. The maximum Gasteiger partial charge on any atom is 0.123 e. The van der Waals surface area contributed by atoms with Crippen LogP contribution in [0.3, 0.4) is 0 Å². The third-order valence-corrected chi connectivity index (χ3v) is 2.96. The molecule has 0 aliphatic carbocycles. The lowest BCUT2D eigenvalue weighted by Crippen LogP contribution is -2.35. The Morgan fingerprint density at radius 3 is 2.50 bits per heavy atom. The molecule has 0 heterocycles. The Labute approximate surface area is 109 Å². The highest BCUT2D eigenvalue weighted by Crippen LogP contribution is 2.24. The summed E-state index contributed by atoms with van der Waals surface area (Å²) in [7, 11) is 3.34. The van der Waals surface area contributed by atoms with Crippen molar-refractivity contribution in [2.24, 2.45) is 11.1 Å². The molecule has 0 fully saturated rings. The first-order valence-corrected chi connectivity index (χ1v) is 6.14. The summed E-state index contributed by atoms with van der Waals surface area (Å²) in [6.45, 7) is 6.55. The molecule has 0 unspecified atom stereocenters. The molecule has 0 bridgehead atoms. The number of hydrogen-bond acceptors (Lipinski definition) is 4. The third kappa shape index (κ3) is 4.20. The first-order valence-electron chi connectivity index (χ1n) is 6.14. The molecule has 18 heavy (non-hydrogen) atoms. The summed E-state index contributed by atoms with van der Waals surface area (Å²) in [6, 6.07) is 5.80. The molecule has 3 N–H and O–H groups in total. The molecule has 1 aromatic rings. The molecule has 4 heteroatoms. The molecule has 0 aromatic heterocycles. The first kappa shape index (κ1) is 14.8. The van der Waals surface area contributed by atoms with Crippen LogP contribution in [-0.4, -0.2) is 27.3 Å². The largest absolute Gasteiger partial charge is 0.497 e. The van der Waals surface area contributed by atoms with Crippen molar-refractivity contribution in [1.29, 1.82) is 0 Å². The number of benzene rings is 1. The fourth-order valence-electron chi connectivity index (χ4n) is 1.63. The Hall–Kier alpha value is -1.26. The van der Waals surface area contributed by atoms with Crippen molar-refractivity contribution in [2.75, 3.05) is 27.3 Å². The van der Waals surface area contributed by atoms with Crippen molar-refractivity contribution in [1.82, 2.24) is 5.32 Å². The van der Waals surface area contributed by atoms with Gasteiger partial charge in [0.25, 0.3) is 0 Å². The lowest BCUT2D eigenvalue weighted by atomic mass is 9.94. The highest BCUT2D eigenvalue weighted by Gasteiger charge is 2.15. The second kappa shape index (κ2) is 6.61. The van der Waals surface area contributed by atoms with E-state index in [1.807, 2.05) is 18.2 Å². The maximum atomic E-state index is 5.70. The molecule has 102 valence electrons. The molecule has 0 atom stereocenters. The van der Waals surface area contributed by atoms with Gasteiger partial charge in [0.05, 0.1) is 14.2 Å². The van der Waals surface area contributed by atoms with Crippen molar-refractivity contribution in [3.8, 4) is 11.5 Å². The fourth-order valence-corrected chi connectivity index (χ4v) is 1.63. The van der Waals surface area contributed by atoms with Gasteiger partial charge < -0.3 is 20.5 Å². The van der Waals surface area contributed by atoms with Crippen LogP contribution in [0.15, 0.2) is 18.2 Å². The molecule has 0 amide bonds. The topological polar surface area (TPSA) is 56.5 Å². The van der Waals surface area contributed by atoms with Gasteiger partial charge in [-0.2, -0.15) is 0 Å². The lowest BCUT2D eigenvalue weighted by Gasteiger charge is -2.23. The molecule has 0 saturated carbocycles. The fraction of sp³-hybridized carbons (Fsp3) is 0.571. The molecule has 1 rings (SSSR count). The van der Waals surface area contributed by atoms with Crippen LogP contribution in [-0.2, 0) is 6.54 Å². The van der Waals surface area contributed by atoms with Gasteiger partial charge in [-0.15, -0.1) is 0 Å². The number of nitrogens with two attached hydrogens (primary N) is 1. The van der Waals surface area contributed by atoms with Crippen LogP contribution in [0, 0.1) is 5.41 Å². The van der Waals surface area contributed by atoms with Crippen LogP contribution < -0.4 is 20.5 Å². The Morgan fingerprint density at radius 2 is 1.94 bits per heavy atom. The molecule has 1 aromatic carbocycles. The quantitative estimate of drug-likeness (QED) is 0.776. The van der Waals surface area contributed by atoms with E-state index in [4.69, 9.17) is 15.2 Å². The number of nitrogens with one attached hydrogen (secondary N) is 1. The zero-order chi connectivity index (χ0) is 13.6. The normalized spacial score (nSPS) is 11.4. The average molecular weight is 252 g/mol. The highest BCUT2D eigenvalue weighted by molar-refractivity contribution is 5.40. The number of rotatable bonds is 7. The van der Waals surface area contributed by atoms with E-state index in [0.717, 1.165) is 30.2 Å². The van der Waals surface area contributed by atoms with Crippen molar-refractivity contribution in [3.05, 3.63) is 23.8 Å². The number of ether oxygens (including phenoxy) is 2. The van der Waals surface area contributed by atoms with Crippen LogP contribution in [0.2, 0.25) is 0 Å². The van der Waals surface area contributed by atoms with Gasteiger partial charge in [0.15, 0.2) is 0 Å². The minimum absolute atomic E-state index is 0.103.